The van der Waals surface area contributed by atoms with Crippen LogP contribution in [0.2, 0.25) is 0 Å². The van der Waals surface area contributed by atoms with Gasteiger partial charge in [0.2, 0.25) is 5.91 Å². The van der Waals surface area contributed by atoms with Crippen molar-refractivity contribution < 1.29 is 4.79 Å². The second-order valence-corrected chi connectivity index (χ2v) is 7.26. The molecular weight excluding hydrogens is 250 g/mol. The molecule has 1 aliphatic rings. The van der Waals surface area contributed by atoms with Gasteiger partial charge in [-0.1, -0.05) is 39.5 Å². The number of amides is 1. The lowest BCUT2D eigenvalue weighted by molar-refractivity contribution is -0.121. The molecule has 1 fully saturated rings. The molecule has 0 unspecified atom stereocenters. The van der Waals surface area contributed by atoms with Crippen LogP contribution in [0.1, 0.15) is 52.4 Å². The third-order valence-corrected chi connectivity index (χ3v) is 3.85. The minimum absolute atomic E-state index is 0.151. The van der Waals surface area contributed by atoms with Crippen LogP contribution in [0.4, 0.5) is 0 Å². The molecule has 118 valence electrons. The molecule has 1 rings (SSSR count). The number of nitrogens with zero attached hydrogens (tertiary/aromatic N) is 1. The number of carbonyl (C=O) groups excluding carboxylic acids is 1. The van der Waals surface area contributed by atoms with Crippen molar-refractivity contribution in [1.29, 1.82) is 0 Å². The van der Waals surface area contributed by atoms with Crippen LogP contribution >= 0.6 is 0 Å². The summed E-state index contributed by atoms with van der Waals surface area (Å²) in [5.74, 6) is 0.151. The highest BCUT2D eigenvalue weighted by Gasteiger charge is 2.19. The van der Waals surface area contributed by atoms with E-state index in [-0.39, 0.29) is 11.3 Å². The van der Waals surface area contributed by atoms with E-state index < -0.39 is 0 Å². The van der Waals surface area contributed by atoms with Gasteiger partial charge in [0, 0.05) is 19.1 Å². The molecule has 0 radical (unpaired) electrons. The van der Waals surface area contributed by atoms with Crippen LogP contribution in [-0.2, 0) is 4.79 Å². The maximum Gasteiger partial charge on any atom is 0.234 e. The van der Waals surface area contributed by atoms with Crippen LogP contribution in [0.3, 0.4) is 0 Å². The van der Waals surface area contributed by atoms with Gasteiger partial charge in [-0.05, 0) is 32.4 Å². The minimum atomic E-state index is 0.151. The van der Waals surface area contributed by atoms with Gasteiger partial charge in [0.1, 0.15) is 0 Å². The molecule has 1 aliphatic carbocycles. The fraction of sp³-hybridized carbons (Fsp3) is 0.938. The Morgan fingerprint density at radius 3 is 2.30 bits per heavy atom. The Kier molecular flexibility index (Phi) is 7.52. The van der Waals surface area contributed by atoms with Gasteiger partial charge in [0.15, 0.2) is 0 Å². The molecule has 0 heterocycles. The highest BCUT2D eigenvalue weighted by molar-refractivity contribution is 5.78. The maximum atomic E-state index is 11.9. The van der Waals surface area contributed by atoms with Gasteiger partial charge >= 0.3 is 0 Å². The van der Waals surface area contributed by atoms with E-state index in [1.165, 1.54) is 25.7 Å². The second-order valence-electron chi connectivity index (χ2n) is 7.26. The highest BCUT2D eigenvalue weighted by Crippen LogP contribution is 2.17. The first kappa shape index (κ1) is 17.4. The molecule has 4 nitrogen and oxygen atoms in total. The van der Waals surface area contributed by atoms with Gasteiger partial charge in [0.05, 0.1) is 6.54 Å². The Labute approximate surface area is 124 Å². The summed E-state index contributed by atoms with van der Waals surface area (Å²) in [7, 11) is 4.17. The molecule has 2 N–H and O–H groups in total. The van der Waals surface area contributed by atoms with Crippen LogP contribution in [0, 0.1) is 5.41 Å². The molecular formula is C16H33N3O. The standard InChI is InChI=1S/C16H33N3O/c1-16(2,13-19(3)4)12-17-11-15(20)18-14-9-7-5-6-8-10-14/h14,17H,5-13H2,1-4H3,(H,18,20). The third-order valence-electron chi connectivity index (χ3n) is 3.85. The number of hydrogen-bond acceptors (Lipinski definition) is 3. The zero-order valence-corrected chi connectivity index (χ0v) is 13.8. The van der Waals surface area contributed by atoms with Crippen LogP contribution in [-0.4, -0.2) is 50.6 Å². The van der Waals surface area contributed by atoms with Gasteiger partial charge in [-0.3, -0.25) is 4.79 Å². The molecule has 0 spiro atoms. The predicted octanol–water partition coefficient (Wildman–Crippen LogP) is 2.00. The van der Waals surface area contributed by atoms with Crippen molar-refractivity contribution in [3.8, 4) is 0 Å². The monoisotopic (exact) mass is 283 g/mol. The Morgan fingerprint density at radius 2 is 1.75 bits per heavy atom. The Balaban J connectivity index is 2.19. The van der Waals surface area contributed by atoms with Crippen molar-refractivity contribution >= 4 is 5.91 Å². The first-order valence-corrected chi connectivity index (χ1v) is 8.04. The SMILES string of the molecule is CN(C)CC(C)(C)CNCC(=O)NC1CCCCCC1. The van der Waals surface area contributed by atoms with E-state index in [1.807, 2.05) is 0 Å². The van der Waals surface area contributed by atoms with E-state index in [2.05, 4.69) is 43.5 Å². The van der Waals surface area contributed by atoms with Crippen molar-refractivity contribution in [2.24, 2.45) is 5.41 Å². The second kappa shape index (κ2) is 8.63. The number of hydrogen-bond donors (Lipinski definition) is 2. The molecule has 0 aliphatic heterocycles. The number of carbonyl (C=O) groups is 1. The lowest BCUT2D eigenvalue weighted by atomic mass is 9.93. The highest BCUT2D eigenvalue weighted by atomic mass is 16.1. The summed E-state index contributed by atoms with van der Waals surface area (Å²) in [5, 5.41) is 6.47. The van der Waals surface area contributed by atoms with Gasteiger partial charge < -0.3 is 15.5 Å². The fourth-order valence-electron chi connectivity index (χ4n) is 3.13. The normalized spacial score (nSPS) is 18.1. The Morgan fingerprint density at radius 1 is 1.15 bits per heavy atom. The summed E-state index contributed by atoms with van der Waals surface area (Å²) in [4.78, 5) is 14.1. The van der Waals surface area contributed by atoms with E-state index in [0.29, 0.717) is 12.6 Å². The molecule has 0 atom stereocenters. The first-order valence-electron chi connectivity index (χ1n) is 8.04. The third kappa shape index (κ3) is 7.85. The molecule has 0 aromatic rings. The maximum absolute atomic E-state index is 11.9. The quantitative estimate of drug-likeness (QED) is 0.703. The number of rotatable bonds is 7. The molecule has 0 bridgehead atoms. The topological polar surface area (TPSA) is 44.4 Å². The van der Waals surface area contributed by atoms with E-state index in [4.69, 9.17) is 0 Å². The van der Waals surface area contributed by atoms with Gasteiger partial charge in [0.25, 0.3) is 0 Å². The van der Waals surface area contributed by atoms with Crippen molar-refractivity contribution in [2.75, 3.05) is 33.7 Å². The first-order chi connectivity index (χ1) is 9.39. The zero-order valence-electron chi connectivity index (χ0n) is 13.8. The van der Waals surface area contributed by atoms with Crippen molar-refractivity contribution in [3.63, 3.8) is 0 Å². The summed E-state index contributed by atoms with van der Waals surface area (Å²) < 4.78 is 0. The summed E-state index contributed by atoms with van der Waals surface area (Å²) in [6.07, 6.45) is 7.46. The van der Waals surface area contributed by atoms with Gasteiger partial charge in [-0.25, -0.2) is 0 Å². The van der Waals surface area contributed by atoms with Crippen molar-refractivity contribution in [1.82, 2.24) is 15.5 Å². The molecule has 1 saturated carbocycles. The van der Waals surface area contributed by atoms with Crippen LogP contribution in [0.5, 0.6) is 0 Å². The average molecular weight is 283 g/mol. The van der Waals surface area contributed by atoms with Crippen molar-refractivity contribution in [3.05, 3.63) is 0 Å². The molecule has 0 saturated heterocycles. The average Bonchev–Trinajstić information content (AvgIpc) is 2.55. The van der Waals surface area contributed by atoms with Crippen molar-refractivity contribution in [2.45, 2.75) is 58.4 Å². The summed E-state index contributed by atoms with van der Waals surface area (Å²) >= 11 is 0. The lowest BCUT2D eigenvalue weighted by Crippen LogP contribution is -2.44. The Bertz CT molecular complexity index is 281. The Hall–Kier alpha value is -0.610. The summed E-state index contributed by atoms with van der Waals surface area (Å²) in [6, 6.07) is 0.404. The summed E-state index contributed by atoms with van der Waals surface area (Å²) in [6.45, 7) is 6.77. The van der Waals surface area contributed by atoms with E-state index in [9.17, 15) is 4.79 Å². The van der Waals surface area contributed by atoms with Crippen LogP contribution < -0.4 is 10.6 Å². The number of nitrogens with one attached hydrogen (secondary N) is 2. The van der Waals surface area contributed by atoms with Crippen LogP contribution in [0.15, 0.2) is 0 Å². The molecule has 0 aromatic carbocycles. The van der Waals surface area contributed by atoms with E-state index in [1.54, 1.807) is 0 Å². The molecule has 4 heteroatoms. The summed E-state index contributed by atoms with van der Waals surface area (Å²) in [5.41, 5.74) is 0.187. The van der Waals surface area contributed by atoms with Gasteiger partial charge in [-0.2, -0.15) is 0 Å². The zero-order chi connectivity index (χ0) is 15.0. The van der Waals surface area contributed by atoms with E-state index >= 15 is 0 Å². The van der Waals surface area contributed by atoms with Gasteiger partial charge in [-0.15, -0.1) is 0 Å². The van der Waals surface area contributed by atoms with E-state index in [0.717, 1.165) is 25.9 Å². The minimum Gasteiger partial charge on any atom is -0.352 e. The lowest BCUT2D eigenvalue weighted by Gasteiger charge is -2.28. The smallest absolute Gasteiger partial charge is 0.234 e. The largest absolute Gasteiger partial charge is 0.352 e. The van der Waals surface area contributed by atoms with Crippen LogP contribution in [0.25, 0.3) is 0 Å². The molecule has 1 amide bonds. The predicted molar refractivity (Wildman–Crippen MR) is 84.8 cm³/mol. The molecule has 20 heavy (non-hydrogen) atoms. The fourth-order valence-corrected chi connectivity index (χ4v) is 3.13. The molecule has 0 aromatic heterocycles.